The van der Waals surface area contributed by atoms with E-state index in [0.717, 1.165) is 5.56 Å². The van der Waals surface area contributed by atoms with Gasteiger partial charge in [0.2, 0.25) is 10.0 Å². The van der Waals surface area contributed by atoms with E-state index < -0.39 is 10.0 Å². The van der Waals surface area contributed by atoms with E-state index in [1.165, 1.54) is 0 Å². The van der Waals surface area contributed by atoms with Crippen LogP contribution in [-0.4, -0.2) is 38.0 Å². The first-order chi connectivity index (χ1) is 9.32. The number of sulfonamides is 1. The SMILES string of the molecule is Cc1ccc(S(=O)(=O)N2C[C@H](C)OC[C@@H]2C(C)C)cc1. The van der Waals surface area contributed by atoms with Gasteiger partial charge in [-0.25, -0.2) is 8.42 Å². The summed E-state index contributed by atoms with van der Waals surface area (Å²) < 4.78 is 32.9. The van der Waals surface area contributed by atoms with Crippen LogP contribution in [-0.2, 0) is 14.8 Å². The third kappa shape index (κ3) is 3.05. The van der Waals surface area contributed by atoms with Crippen molar-refractivity contribution < 1.29 is 13.2 Å². The quantitative estimate of drug-likeness (QED) is 0.861. The van der Waals surface area contributed by atoms with Crippen molar-refractivity contribution in [3.05, 3.63) is 29.8 Å². The summed E-state index contributed by atoms with van der Waals surface area (Å²) in [5, 5.41) is 0. The highest BCUT2D eigenvalue weighted by Gasteiger charge is 2.37. The summed E-state index contributed by atoms with van der Waals surface area (Å²) in [5.74, 6) is 0.225. The molecule has 2 rings (SSSR count). The third-order valence-corrected chi connectivity index (χ3v) is 5.66. The summed E-state index contributed by atoms with van der Waals surface area (Å²) in [4.78, 5) is 0.364. The standard InChI is InChI=1S/C15H23NO3S/c1-11(2)15-10-19-13(4)9-16(15)20(17,18)14-7-5-12(3)6-8-14/h5-8,11,13,15H,9-10H2,1-4H3/t13-,15+/m0/s1. The summed E-state index contributed by atoms with van der Waals surface area (Å²) in [7, 11) is -3.45. The normalized spacial score (nSPS) is 25.1. The van der Waals surface area contributed by atoms with Gasteiger partial charge in [-0.05, 0) is 31.9 Å². The molecule has 1 heterocycles. The Kier molecular flexibility index (Phi) is 4.52. The molecular formula is C15H23NO3S. The first kappa shape index (κ1) is 15.5. The molecule has 0 radical (unpaired) electrons. The van der Waals surface area contributed by atoms with Gasteiger partial charge in [0.05, 0.1) is 23.6 Å². The van der Waals surface area contributed by atoms with Crippen molar-refractivity contribution >= 4 is 10.0 Å². The molecule has 0 saturated carbocycles. The van der Waals surface area contributed by atoms with Crippen molar-refractivity contribution in [2.45, 2.75) is 44.7 Å². The third-order valence-electron chi connectivity index (χ3n) is 3.76. The molecule has 1 aliphatic rings. The lowest BCUT2D eigenvalue weighted by atomic mass is 10.0. The highest BCUT2D eigenvalue weighted by Crippen LogP contribution is 2.26. The Morgan fingerprint density at radius 1 is 1.25 bits per heavy atom. The van der Waals surface area contributed by atoms with E-state index in [9.17, 15) is 8.42 Å². The molecule has 1 aromatic rings. The largest absolute Gasteiger partial charge is 0.375 e. The molecule has 4 nitrogen and oxygen atoms in total. The van der Waals surface area contributed by atoms with E-state index in [4.69, 9.17) is 4.74 Å². The topological polar surface area (TPSA) is 46.6 Å². The fraction of sp³-hybridized carbons (Fsp3) is 0.600. The predicted octanol–water partition coefficient (Wildman–Crippen LogP) is 2.43. The molecule has 0 aliphatic carbocycles. The van der Waals surface area contributed by atoms with Gasteiger partial charge in [0.1, 0.15) is 0 Å². The van der Waals surface area contributed by atoms with Crippen LogP contribution in [0.4, 0.5) is 0 Å². The van der Waals surface area contributed by atoms with Crippen molar-refractivity contribution in [3.63, 3.8) is 0 Å². The van der Waals surface area contributed by atoms with Crippen molar-refractivity contribution in [1.29, 1.82) is 0 Å². The Balaban J connectivity index is 2.36. The average molecular weight is 297 g/mol. The van der Waals surface area contributed by atoms with Crippen molar-refractivity contribution in [1.82, 2.24) is 4.31 Å². The van der Waals surface area contributed by atoms with E-state index in [1.54, 1.807) is 16.4 Å². The minimum absolute atomic E-state index is 0.0646. The summed E-state index contributed by atoms with van der Waals surface area (Å²) in [6.45, 7) is 8.80. The zero-order valence-electron chi connectivity index (χ0n) is 12.5. The van der Waals surface area contributed by atoms with Crippen LogP contribution in [0, 0.1) is 12.8 Å². The number of rotatable bonds is 3. The maximum atomic E-state index is 12.8. The Bertz CT molecular complexity index is 551. The molecule has 0 aromatic heterocycles. The Labute approximate surface area is 121 Å². The summed E-state index contributed by atoms with van der Waals surface area (Å²) in [6.07, 6.45) is -0.0646. The van der Waals surface area contributed by atoms with Crippen molar-refractivity contribution in [3.8, 4) is 0 Å². The van der Waals surface area contributed by atoms with Crippen LogP contribution < -0.4 is 0 Å². The van der Waals surface area contributed by atoms with Gasteiger partial charge in [-0.15, -0.1) is 0 Å². The molecule has 1 fully saturated rings. The zero-order valence-corrected chi connectivity index (χ0v) is 13.4. The summed E-state index contributed by atoms with van der Waals surface area (Å²) in [6, 6.07) is 6.93. The van der Waals surface area contributed by atoms with Gasteiger partial charge in [-0.3, -0.25) is 0 Å². The number of hydrogen-bond donors (Lipinski definition) is 0. The molecule has 2 atom stereocenters. The van der Waals surface area contributed by atoms with Gasteiger partial charge in [-0.1, -0.05) is 31.5 Å². The molecular weight excluding hydrogens is 274 g/mol. The molecule has 0 bridgehead atoms. The second-order valence-corrected chi connectivity index (χ2v) is 7.73. The maximum Gasteiger partial charge on any atom is 0.243 e. The van der Waals surface area contributed by atoms with Crippen LogP contribution in [0.2, 0.25) is 0 Å². The summed E-state index contributed by atoms with van der Waals surface area (Å²) in [5.41, 5.74) is 1.06. The van der Waals surface area contributed by atoms with Gasteiger partial charge in [0, 0.05) is 6.54 Å². The van der Waals surface area contributed by atoms with E-state index >= 15 is 0 Å². The van der Waals surface area contributed by atoms with E-state index in [-0.39, 0.29) is 18.1 Å². The van der Waals surface area contributed by atoms with E-state index in [2.05, 4.69) is 0 Å². The second kappa shape index (κ2) is 5.84. The second-order valence-electron chi connectivity index (χ2n) is 5.84. The molecule has 1 aliphatic heterocycles. The number of aryl methyl sites for hydroxylation is 1. The van der Waals surface area contributed by atoms with Crippen LogP contribution in [0.1, 0.15) is 26.3 Å². The highest BCUT2D eigenvalue weighted by molar-refractivity contribution is 7.89. The van der Waals surface area contributed by atoms with Gasteiger partial charge >= 0.3 is 0 Å². The lowest BCUT2D eigenvalue weighted by Crippen LogP contribution is -2.53. The Morgan fingerprint density at radius 2 is 1.85 bits per heavy atom. The number of morpholine rings is 1. The Hall–Kier alpha value is -0.910. The fourth-order valence-electron chi connectivity index (χ4n) is 2.43. The zero-order chi connectivity index (χ0) is 14.9. The van der Waals surface area contributed by atoms with E-state index in [1.807, 2.05) is 39.8 Å². The van der Waals surface area contributed by atoms with Gasteiger partial charge in [0.25, 0.3) is 0 Å². The molecule has 0 amide bonds. The Morgan fingerprint density at radius 3 is 2.40 bits per heavy atom. The molecule has 112 valence electrons. The average Bonchev–Trinajstić information content (AvgIpc) is 2.38. The molecule has 0 unspecified atom stereocenters. The minimum atomic E-state index is -3.45. The highest BCUT2D eigenvalue weighted by atomic mass is 32.2. The van der Waals surface area contributed by atoms with Crippen molar-refractivity contribution in [2.24, 2.45) is 5.92 Å². The monoisotopic (exact) mass is 297 g/mol. The van der Waals surface area contributed by atoms with Crippen LogP contribution in [0.15, 0.2) is 29.2 Å². The molecule has 5 heteroatoms. The smallest absolute Gasteiger partial charge is 0.243 e. The van der Waals surface area contributed by atoms with Gasteiger partial charge in [0.15, 0.2) is 0 Å². The van der Waals surface area contributed by atoms with Gasteiger partial charge < -0.3 is 4.74 Å². The summed E-state index contributed by atoms with van der Waals surface area (Å²) >= 11 is 0. The van der Waals surface area contributed by atoms with Crippen LogP contribution in [0.5, 0.6) is 0 Å². The van der Waals surface area contributed by atoms with Crippen LogP contribution >= 0.6 is 0 Å². The lowest BCUT2D eigenvalue weighted by Gasteiger charge is -2.39. The maximum absolute atomic E-state index is 12.8. The molecule has 20 heavy (non-hydrogen) atoms. The minimum Gasteiger partial charge on any atom is -0.375 e. The van der Waals surface area contributed by atoms with Crippen LogP contribution in [0.3, 0.4) is 0 Å². The first-order valence-electron chi connectivity index (χ1n) is 7.02. The molecule has 0 N–H and O–H groups in total. The lowest BCUT2D eigenvalue weighted by molar-refractivity contribution is -0.0345. The van der Waals surface area contributed by atoms with Crippen LogP contribution in [0.25, 0.3) is 0 Å². The predicted molar refractivity (Wildman–Crippen MR) is 79.1 cm³/mol. The van der Waals surface area contributed by atoms with Crippen molar-refractivity contribution in [2.75, 3.05) is 13.2 Å². The fourth-order valence-corrected chi connectivity index (χ4v) is 4.25. The number of benzene rings is 1. The van der Waals surface area contributed by atoms with Gasteiger partial charge in [-0.2, -0.15) is 4.31 Å². The molecule has 1 aromatic carbocycles. The molecule has 0 spiro atoms. The number of hydrogen-bond acceptors (Lipinski definition) is 3. The number of ether oxygens (including phenoxy) is 1. The van der Waals surface area contributed by atoms with E-state index in [0.29, 0.717) is 18.0 Å². The number of nitrogens with zero attached hydrogens (tertiary/aromatic N) is 1. The first-order valence-corrected chi connectivity index (χ1v) is 8.46. The molecule has 1 saturated heterocycles.